The van der Waals surface area contributed by atoms with Crippen LogP contribution in [-0.2, 0) is 11.3 Å². The van der Waals surface area contributed by atoms with Gasteiger partial charge in [0, 0.05) is 24.6 Å². The van der Waals surface area contributed by atoms with Crippen LogP contribution in [0.3, 0.4) is 0 Å². The lowest BCUT2D eigenvalue weighted by Gasteiger charge is -2.31. The quantitative estimate of drug-likeness (QED) is 0.667. The first-order chi connectivity index (χ1) is 12.0. The van der Waals surface area contributed by atoms with Gasteiger partial charge in [-0.1, -0.05) is 49.4 Å². The number of benzene rings is 2. The summed E-state index contributed by atoms with van der Waals surface area (Å²) in [5.74, 6) is 6.21. The highest BCUT2D eigenvalue weighted by Crippen LogP contribution is 2.36. The van der Waals surface area contributed by atoms with E-state index in [9.17, 15) is 4.79 Å². The Hall–Kier alpha value is -2.79. The zero-order chi connectivity index (χ0) is 18.0. The van der Waals surface area contributed by atoms with E-state index >= 15 is 0 Å². The minimum Gasteiger partial charge on any atom is -0.396 e. The van der Waals surface area contributed by atoms with Crippen molar-refractivity contribution in [2.24, 2.45) is 11.6 Å². The Morgan fingerprint density at radius 3 is 2.44 bits per heavy atom. The molecule has 2 aromatic carbocycles. The van der Waals surface area contributed by atoms with Gasteiger partial charge in [0.15, 0.2) is 0 Å². The van der Waals surface area contributed by atoms with Gasteiger partial charge in [-0.2, -0.15) is 0 Å². The first-order valence-electron chi connectivity index (χ1n) is 8.50. The van der Waals surface area contributed by atoms with E-state index in [1.807, 2.05) is 60.4 Å². The van der Waals surface area contributed by atoms with Crippen LogP contribution in [0.1, 0.15) is 36.5 Å². The predicted octanol–water partition coefficient (Wildman–Crippen LogP) is 2.92. The maximum absolute atomic E-state index is 12.8. The molecule has 1 aliphatic heterocycles. The molecule has 0 unspecified atom stereocenters. The maximum Gasteiger partial charge on any atom is 0.227 e. The Morgan fingerprint density at radius 2 is 1.76 bits per heavy atom. The van der Waals surface area contributed by atoms with E-state index in [1.54, 1.807) is 12.1 Å². The standard InChI is InChI=1S/C20H24N4O/c1-3-8-18(25)24-13-14-9-4-5-10-15(14)20(23(2)22)19(21)16-11-6-7-12-17(16)24/h4-7,9-12H,3,8,13,21-22H2,1-2H3/b20-19-. The number of amides is 1. The molecule has 2 aromatic rings. The Labute approximate surface area is 148 Å². The van der Waals surface area contributed by atoms with Gasteiger partial charge in [0.2, 0.25) is 5.91 Å². The van der Waals surface area contributed by atoms with Crippen LogP contribution in [0.2, 0.25) is 0 Å². The SMILES string of the molecule is CCCC(=O)N1Cc2ccccc2/C(N(C)N)=C(/N)c2ccccc21. The summed E-state index contributed by atoms with van der Waals surface area (Å²) in [4.78, 5) is 14.6. The van der Waals surface area contributed by atoms with Gasteiger partial charge in [0.25, 0.3) is 0 Å². The Kier molecular flexibility index (Phi) is 4.76. The first-order valence-corrected chi connectivity index (χ1v) is 8.50. The third-order valence-electron chi connectivity index (χ3n) is 4.46. The number of nitrogens with two attached hydrogens (primary N) is 2. The molecular formula is C20H24N4O. The second-order valence-electron chi connectivity index (χ2n) is 6.28. The second kappa shape index (κ2) is 6.99. The van der Waals surface area contributed by atoms with Crippen LogP contribution in [0, 0.1) is 0 Å². The van der Waals surface area contributed by atoms with Gasteiger partial charge in [-0.05, 0) is 18.1 Å². The molecule has 0 fully saturated rings. The molecule has 0 radical (unpaired) electrons. The fourth-order valence-corrected chi connectivity index (χ4v) is 3.31. The predicted molar refractivity (Wildman–Crippen MR) is 102 cm³/mol. The molecule has 1 aliphatic rings. The average molecular weight is 336 g/mol. The summed E-state index contributed by atoms with van der Waals surface area (Å²) in [5.41, 5.74) is 11.5. The van der Waals surface area contributed by atoms with E-state index in [0.29, 0.717) is 18.7 Å². The molecule has 5 heteroatoms. The van der Waals surface area contributed by atoms with Crippen molar-refractivity contribution in [3.63, 3.8) is 0 Å². The molecule has 3 rings (SSSR count). The summed E-state index contributed by atoms with van der Waals surface area (Å²) in [7, 11) is 1.78. The van der Waals surface area contributed by atoms with Crippen LogP contribution in [-0.4, -0.2) is 18.0 Å². The van der Waals surface area contributed by atoms with Crippen LogP contribution >= 0.6 is 0 Å². The monoisotopic (exact) mass is 336 g/mol. The first kappa shape index (κ1) is 17.0. The van der Waals surface area contributed by atoms with Gasteiger partial charge >= 0.3 is 0 Å². The molecule has 1 heterocycles. The van der Waals surface area contributed by atoms with Crippen molar-refractivity contribution in [3.05, 3.63) is 65.2 Å². The minimum absolute atomic E-state index is 0.0992. The van der Waals surface area contributed by atoms with Crippen molar-refractivity contribution >= 4 is 23.0 Å². The average Bonchev–Trinajstić information content (AvgIpc) is 2.59. The zero-order valence-electron chi connectivity index (χ0n) is 14.7. The Bertz CT molecular complexity index is 826. The summed E-state index contributed by atoms with van der Waals surface area (Å²) < 4.78 is 0. The van der Waals surface area contributed by atoms with E-state index in [-0.39, 0.29) is 5.91 Å². The van der Waals surface area contributed by atoms with Crippen LogP contribution in [0.4, 0.5) is 5.69 Å². The molecule has 1 amide bonds. The third-order valence-corrected chi connectivity index (χ3v) is 4.46. The van der Waals surface area contributed by atoms with Gasteiger partial charge in [-0.15, -0.1) is 0 Å². The Balaban J connectivity index is 2.30. The van der Waals surface area contributed by atoms with Crippen molar-refractivity contribution < 1.29 is 4.79 Å². The van der Waals surface area contributed by atoms with Gasteiger partial charge in [-0.3, -0.25) is 4.79 Å². The largest absolute Gasteiger partial charge is 0.396 e. The molecule has 0 saturated carbocycles. The molecule has 0 aromatic heterocycles. The summed E-state index contributed by atoms with van der Waals surface area (Å²) in [6, 6.07) is 15.7. The fourth-order valence-electron chi connectivity index (χ4n) is 3.31. The number of anilines is 1. The third kappa shape index (κ3) is 3.10. The Morgan fingerprint density at radius 1 is 1.12 bits per heavy atom. The van der Waals surface area contributed by atoms with E-state index in [2.05, 4.69) is 0 Å². The minimum atomic E-state index is 0.0992. The van der Waals surface area contributed by atoms with Crippen LogP contribution in [0.5, 0.6) is 0 Å². The number of para-hydroxylation sites is 1. The highest BCUT2D eigenvalue weighted by Gasteiger charge is 2.26. The summed E-state index contributed by atoms with van der Waals surface area (Å²) in [6.07, 6.45) is 1.31. The van der Waals surface area contributed by atoms with Crippen LogP contribution in [0.15, 0.2) is 48.5 Å². The highest BCUT2D eigenvalue weighted by atomic mass is 16.2. The van der Waals surface area contributed by atoms with Crippen molar-refractivity contribution in [2.75, 3.05) is 11.9 Å². The zero-order valence-corrected chi connectivity index (χ0v) is 14.7. The lowest BCUT2D eigenvalue weighted by atomic mass is 9.95. The molecular weight excluding hydrogens is 312 g/mol. The normalized spacial score (nSPS) is 16.5. The van der Waals surface area contributed by atoms with Gasteiger partial charge in [0.1, 0.15) is 0 Å². The lowest BCUT2D eigenvalue weighted by Crippen LogP contribution is -2.34. The second-order valence-corrected chi connectivity index (χ2v) is 6.28. The molecule has 0 atom stereocenters. The van der Waals surface area contributed by atoms with Crippen molar-refractivity contribution in [2.45, 2.75) is 26.3 Å². The molecule has 25 heavy (non-hydrogen) atoms. The van der Waals surface area contributed by atoms with E-state index in [1.165, 1.54) is 0 Å². The maximum atomic E-state index is 12.8. The van der Waals surface area contributed by atoms with Gasteiger partial charge in [0.05, 0.1) is 23.6 Å². The molecule has 130 valence electrons. The van der Waals surface area contributed by atoms with E-state index < -0.39 is 0 Å². The fraction of sp³-hybridized carbons (Fsp3) is 0.250. The van der Waals surface area contributed by atoms with E-state index in [4.69, 9.17) is 11.6 Å². The van der Waals surface area contributed by atoms with Gasteiger partial charge in [-0.25, -0.2) is 5.84 Å². The molecule has 0 bridgehead atoms. The lowest BCUT2D eigenvalue weighted by molar-refractivity contribution is -0.118. The number of carbonyl (C=O) groups is 1. The summed E-state index contributed by atoms with van der Waals surface area (Å²) >= 11 is 0. The van der Waals surface area contributed by atoms with Crippen LogP contribution < -0.4 is 16.5 Å². The summed E-state index contributed by atoms with van der Waals surface area (Å²) in [5, 5.41) is 1.55. The summed E-state index contributed by atoms with van der Waals surface area (Å²) in [6.45, 7) is 2.51. The number of nitrogens with zero attached hydrogens (tertiary/aromatic N) is 2. The molecule has 0 spiro atoms. The molecule has 5 nitrogen and oxygen atoms in total. The number of hydrazine groups is 1. The molecule has 0 saturated heterocycles. The number of carbonyl (C=O) groups excluding carboxylic acids is 1. The molecule has 0 aliphatic carbocycles. The molecule has 4 N–H and O–H groups in total. The number of rotatable bonds is 3. The van der Waals surface area contributed by atoms with Crippen molar-refractivity contribution in [1.82, 2.24) is 5.01 Å². The van der Waals surface area contributed by atoms with Crippen LogP contribution in [0.25, 0.3) is 11.4 Å². The van der Waals surface area contributed by atoms with E-state index in [0.717, 1.165) is 34.5 Å². The highest BCUT2D eigenvalue weighted by molar-refractivity contribution is 6.01. The topological polar surface area (TPSA) is 75.6 Å². The van der Waals surface area contributed by atoms with Crippen molar-refractivity contribution in [3.8, 4) is 0 Å². The van der Waals surface area contributed by atoms with Gasteiger partial charge < -0.3 is 15.6 Å². The number of fused-ring (bicyclic) bond motifs is 2. The number of hydrogen-bond acceptors (Lipinski definition) is 4. The number of hydrogen-bond donors (Lipinski definition) is 2. The smallest absolute Gasteiger partial charge is 0.227 e. The van der Waals surface area contributed by atoms with Crippen molar-refractivity contribution in [1.29, 1.82) is 0 Å².